The van der Waals surface area contributed by atoms with Crippen LogP contribution in [0.15, 0.2) is 42.6 Å². The molecule has 4 nitrogen and oxygen atoms in total. The van der Waals surface area contributed by atoms with Crippen LogP contribution in [0.3, 0.4) is 0 Å². The van der Waals surface area contributed by atoms with Crippen LogP contribution in [0.2, 0.25) is 0 Å². The zero-order chi connectivity index (χ0) is 13.8. The third kappa shape index (κ3) is 2.74. The van der Waals surface area contributed by atoms with Crippen LogP contribution in [0, 0.1) is 0 Å². The lowest BCUT2D eigenvalue weighted by atomic mass is 9.90. The molecule has 1 N–H and O–H groups in total. The molecule has 1 aliphatic rings. The maximum absolute atomic E-state index is 4.52. The fourth-order valence-corrected chi connectivity index (χ4v) is 2.78. The minimum Gasteiger partial charge on any atom is -0.373 e. The van der Waals surface area contributed by atoms with Crippen LogP contribution < -0.4 is 10.2 Å². The van der Waals surface area contributed by atoms with Crippen molar-refractivity contribution in [1.29, 1.82) is 0 Å². The molecular weight excluding hydrogens is 248 g/mol. The first kappa shape index (κ1) is 12.9. The van der Waals surface area contributed by atoms with Crippen molar-refractivity contribution in [3.8, 4) is 0 Å². The Labute approximate surface area is 119 Å². The predicted octanol–water partition coefficient (Wildman–Crippen LogP) is 2.90. The van der Waals surface area contributed by atoms with Gasteiger partial charge in [-0.25, -0.2) is 4.98 Å². The minimum absolute atomic E-state index is 0.667. The van der Waals surface area contributed by atoms with Gasteiger partial charge >= 0.3 is 0 Å². The number of benzene rings is 1. The minimum atomic E-state index is 0.667. The smallest absolute Gasteiger partial charge is 0.227 e. The number of hydrogen-bond acceptors (Lipinski definition) is 4. The van der Waals surface area contributed by atoms with Gasteiger partial charge in [-0.15, -0.1) is 0 Å². The fraction of sp³-hybridized carbons (Fsp3) is 0.375. The Kier molecular flexibility index (Phi) is 3.81. The summed E-state index contributed by atoms with van der Waals surface area (Å²) in [5.41, 5.74) is 1.46. The number of nitrogens with one attached hydrogen (secondary N) is 1. The van der Waals surface area contributed by atoms with Gasteiger partial charge in [-0.1, -0.05) is 30.3 Å². The van der Waals surface area contributed by atoms with Crippen molar-refractivity contribution < 1.29 is 0 Å². The van der Waals surface area contributed by atoms with Crippen molar-refractivity contribution in [2.45, 2.75) is 18.8 Å². The highest BCUT2D eigenvalue weighted by Crippen LogP contribution is 2.29. The molecular formula is C16H20N4. The summed E-state index contributed by atoms with van der Waals surface area (Å²) in [4.78, 5) is 11.2. The van der Waals surface area contributed by atoms with E-state index in [1.54, 1.807) is 0 Å². The molecule has 0 aliphatic carbocycles. The Morgan fingerprint density at radius 1 is 1.10 bits per heavy atom. The normalized spacial score (nSPS) is 16.1. The number of anilines is 2. The van der Waals surface area contributed by atoms with Crippen molar-refractivity contribution in [1.82, 2.24) is 9.97 Å². The summed E-state index contributed by atoms with van der Waals surface area (Å²) >= 11 is 0. The molecule has 3 rings (SSSR count). The number of hydrogen-bond donors (Lipinski definition) is 1. The van der Waals surface area contributed by atoms with Gasteiger partial charge in [0, 0.05) is 26.3 Å². The zero-order valence-electron chi connectivity index (χ0n) is 11.8. The predicted molar refractivity (Wildman–Crippen MR) is 82.2 cm³/mol. The van der Waals surface area contributed by atoms with Gasteiger partial charge in [0.1, 0.15) is 5.82 Å². The molecule has 0 atom stereocenters. The van der Waals surface area contributed by atoms with Gasteiger partial charge in [-0.3, -0.25) is 0 Å². The lowest BCUT2D eigenvalue weighted by molar-refractivity contribution is 0.499. The Balaban J connectivity index is 1.66. The van der Waals surface area contributed by atoms with Crippen molar-refractivity contribution in [2.75, 3.05) is 30.4 Å². The average Bonchev–Trinajstić information content (AvgIpc) is 2.56. The Hall–Kier alpha value is -2.10. The SMILES string of the molecule is CNc1ccnc(N2CCC(c3ccccc3)CC2)n1. The van der Waals surface area contributed by atoms with E-state index in [0.717, 1.165) is 37.7 Å². The molecule has 0 saturated carbocycles. The van der Waals surface area contributed by atoms with Crippen LogP contribution in [-0.2, 0) is 0 Å². The van der Waals surface area contributed by atoms with Gasteiger partial charge in [-0.05, 0) is 30.4 Å². The molecule has 20 heavy (non-hydrogen) atoms. The monoisotopic (exact) mass is 268 g/mol. The summed E-state index contributed by atoms with van der Waals surface area (Å²) in [6.45, 7) is 2.04. The highest BCUT2D eigenvalue weighted by Gasteiger charge is 2.22. The average molecular weight is 268 g/mol. The summed E-state index contributed by atoms with van der Waals surface area (Å²) < 4.78 is 0. The van der Waals surface area contributed by atoms with Gasteiger partial charge in [0.05, 0.1) is 0 Å². The molecule has 1 aromatic carbocycles. The fourth-order valence-electron chi connectivity index (χ4n) is 2.78. The first-order chi connectivity index (χ1) is 9.86. The van der Waals surface area contributed by atoms with Crippen LogP contribution in [-0.4, -0.2) is 30.1 Å². The molecule has 2 aromatic rings. The second kappa shape index (κ2) is 5.90. The maximum Gasteiger partial charge on any atom is 0.227 e. The van der Waals surface area contributed by atoms with Gasteiger partial charge in [0.2, 0.25) is 5.95 Å². The van der Waals surface area contributed by atoms with Gasteiger partial charge in [0.25, 0.3) is 0 Å². The molecule has 0 spiro atoms. The number of piperidine rings is 1. The van der Waals surface area contributed by atoms with Crippen LogP contribution >= 0.6 is 0 Å². The summed E-state index contributed by atoms with van der Waals surface area (Å²) in [6.07, 6.45) is 4.14. The van der Waals surface area contributed by atoms with E-state index in [2.05, 4.69) is 50.5 Å². The summed E-state index contributed by atoms with van der Waals surface area (Å²) in [6, 6.07) is 12.7. The Morgan fingerprint density at radius 2 is 1.85 bits per heavy atom. The third-order valence-electron chi connectivity index (χ3n) is 3.95. The standard InChI is InChI=1S/C16H20N4/c1-17-15-7-10-18-16(19-15)20-11-8-14(9-12-20)13-5-3-2-4-6-13/h2-7,10,14H,8-9,11-12H2,1H3,(H,17,18,19). The number of nitrogens with zero attached hydrogens (tertiary/aromatic N) is 3. The third-order valence-corrected chi connectivity index (χ3v) is 3.95. The van der Waals surface area contributed by atoms with Crippen LogP contribution in [0.5, 0.6) is 0 Å². The zero-order valence-corrected chi connectivity index (χ0v) is 11.8. The molecule has 0 bridgehead atoms. The van der Waals surface area contributed by atoms with Gasteiger partial charge < -0.3 is 10.2 Å². The van der Waals surface area contributed by atoms with E-state index in [9.17, 15) is 0 Å². The van der Waals surface area contributed by atoms with E-state index in [1.807, 2.05) is 19.3 Å². The molecule has 0 amide bonds. The highest BCUT2D eigenvalue weighted by atomic mass is 15.3. The number of aromatic nitrogens is 2. The largest absolute Gasteiger partial charge is 0.373 e. The Bertz CT molecular complexity index is 547. The summed E-state index contributed by atoms with van der Waals surface area (Å²) in [7, 11) is 1.88. The van der Waals surface area contributed by atoms with Gasteiger partial charge in [0.15, 0.2) is 0 Å². The van der Waals surface area contributed by atoms with Crippen molar-refractivity contribution in [3.63, 3.8) is 0 Å². The van der Waals surface area contributed by atoms with E-state index >= 15 is 0 Å². The van der Waals surface area contributed by atoms with E-state index in [-0.39, 0.29) is 0 Å². The molecule has 1 fully saturated rings. The van der Waals surface area contributed by atoms with E-state index in [4.69, 9.17) is 0 Å². The second-order valence-corrected chi connectivity index (χ2v) is 5.16. The quantitative estimate of drug-likeness (QED) is 0.929. The van der Waals surface area contributed by atoms with Crippen LogP contribution in [0.25, 0.3) is 0 Å². The first-order valence-electron chi connectivity index (χ1n) is 7.17. The Morgan fingerprint density at radius 3 is 2.55 bits per heavy atom. The summed E-state index contributed by atoms with van der Waals surface area (Å²) in [5.74, 6) is 2.38. The van der Waals surface area contributed by atoms with Crippen molar-refractivity contribution in [3.05, 3.63) is 48.2 Å². The second-order valence-electron chi connectivity index (χ2n) is 5.16. The van der Waals surface area contributed by atoms with Crippen LogP contribution in [0.1, 0.15) is 24.3 Å². The first-order valence-corrected chi connectivity index (χ1v) is 7.17. The van der Waals surface area contributed by atoms with E-state index < -0.39 is 0 Å². The molecule has 1 aromatic heterocycles. The molecule has 0 radical (unpaired) electrons. The lowest BCUT2D eigenvalue weighted by Gasteiger charge is -2.32. The van der Waals surface area contributed by atoms with E-state index in [0.29, 0.717) is 5.92 Å². The van der Waals surface area contributed by atoms with Gasteiger partial charge in [-0.2, -0.15) is 4.98 Å². The number of rotatable bonds is 3. The van der Waals surface area contributed by atoms with Crippen LogP contribution in [0.4, 0.5) is 11.8 Å². The molecule has 1 saturated heterocycles. The van der Waals surface area contributed by atoms with Crippen molar-refractivity contribution in [2.24, 2.45) is 0 Å². The maximum atomic E-state index is 4.52. The van der Waals surface area contributed by atoms with E-state index in [1.165, 1.54) is 5.56 Å². The topological polar surface area (TPSA) is 41.1 Å². The molecule has 2 heterocycles. The summed E-state index contributed by atoms with van der Waals surface area (Å²) in [5, 5.41) is 3.06. The highest BCUT2D eigenvalue weighted by molar-refractivity contribution is 5.41. The molecule has 104 valence electrons. The molecule has 0 unspecified atom stereocenters. The van der Waals surface area contributed by atoms with Crippen molar-refractivity contribution >= 4 is 11.8 Å². The molecule has 1 aliphatic heterocycles. The lowest BCUT2D eigenvalue weighted by Crippen LogP contribution is -2.34. The molecule has 4 heteroatoms.